The van der Waals surface area contributed by atoms with E-state index < -0.39 is 5.97 Å². The minimum atomic E-state index is -0.969. The third-order valence-corrected chi connectivity index (χ3v) is 4.10. The number of benzene rings is 1. The summed E-state index contributed by atoms with van der Waals surface area (Å²) in [5.41, 5.74) is 3.44. The van der Waals surface area contributed by atoms with Crippen molar-refractivity contribution in [1.82, 2.24) is 4.98 Å². The van der Waals surface area contributed by atoms with Crippen molar-refractivity contribution < 1.29 is 9.90 Å². The number of carbonyl (C=O) groups is 1. The van der Waals surface area contributed by atoms with Crippen LogP contribution in [0.3, 0.4) is 0 Å². The third-order valence-electron chi connectivity index (χ3n) is 4.10. The molecule has 3 rings (SSSR count). The van der Waals surface area contributed by atoms with E-state index in [2.05, 4.69) is 35.0 Å². The maximum absolute atomic E-state index is 11.3. The van der Waals surface area contributed by atoms with Crippen LogP contribution in [0, 0.1) is 0 Å². The standard InChI is InChI=1S/C17H18N2O2/c1-12-8-9-13-5-2-3-7-15(13)19(12)11-14-6-4-10-18-16(14)17(20)21/h2-7,10,12H,8-9,11H2,1H3,(H,20,21). The Morgan fingerprint density at radius 2 is 2.14 bits per heavy atom. The lowest BCUT2D eigenvalue weighted by Crippen LogP contribution is -2.37. The molecule has 0 bridgehead atoms. The van der Waals surface area contributed by atoms with Gasteiger partial charge in [-0.25, -0.2) is 9.78 Å². The number of para-hydroxylation sites is 1. The lowest BCUT2D eigenvalue weighted by molar-refractivity contribution is 0.0689. The first kappa shape index (κ1) is 13.6. The number of aromatic nitrogens is 1. The Morgan fingerprint density at radius 1 is 1.33 bits per heavy atom. The highest BCUT2D eigenvalue weighted by Gasteiger charge is 2.24. The maximum atomic E-state index is 11.3. The van der Waals surface area contributed by atoms with Gasteiger partial charge in [-0.3, -0.25) is 0 Å². The van der Waals surface area contributed by atoms with Gasteiger partial charge in [-0.1, -0.05) is 24.3 Å². The predicted molar refractivity (Wildman–Crippen MR) is 81.6 cm³/mol. The number of fused-ring (bicyclic) bond motifs is 1. The molecule has 4 heteroatoms. The molecule has 2 heterocycles. The molecule has 1 atom stereocenters. The zero-order valence-corrected chi connectivity index (χ0v) is 12.0. The molecule has 1 aromatic carbocycles. The molecule has 2 aromatic rings. The Balaban J connectivity index is 1.97. The summed E-state index contributed by atoms with van der Waals surface area (Å²) >= 11 is 0. The van der Waals surface area contributed by atoms with Gasteiger partial charge in [0, 0.05) is 30.0 Å². The number of rotatable bonds is 3. The normalized spacial score (nSPS) is 17.4. The van der Waals surface area contributed by atoms with Gasteiger partial charge in [0.1, 0.15) is 0 Å². The van der Waals surface area contributed by atoms with E-state index in [1.54, 1.807) is 6.07 Å². The number of hydrogen-bond acceptors (Lipinski definition) is 3. The number of pyridine rings is 1. The summed E-state index contributed by atoms with van der Waals surface area (Å²) in [6.07, 6.45) is 3.69. The summed E-state index contributed by atoms with van der Waals surface area (Å²) in [5, 5.41) is 9.28. The Bertz CT molecular complexity index is 669. The highest BCUT2D eigenvalue weighted by atomic mass is 16.4. The van der Waals surface area contributed by atoms with Gasteiger partial charge in [0.25, 0.3) is 0 Å². The Labute approximate surface area is 124 Å². The lowest BCUT2D eigenvalue weighted by Gasteiger charge is -2.37. The lowest BCUT2D eigenvalue weighted by atomic mass is 9.96. The zero-order chi connectivity index (χ0) is 14.8. The summed E-state index contributed by atoms with van der Waals surface area (Å²) in [5.74, 6) is -0.969. The van der Waals surface area contributed by atoms with Crippen LogP contribution in [-0.4, -0.2) is 22.1 Å². The number of nitrogens with zero attached hydrogens (tertiary/aromatic N) is 2. The van der Waals surface area contributed by atoms with Gasteiger partial charge < -0.3 is 10.0 Å². The molecule has 108 valence electrons. The van der Waals surface area contributed by atoms with Crippen LogP contribution >= 0.6 is 0 Å². The molecule has 4 nitrogen and oxygen atoms in total. The molecule has 0 saturated heterocycles. The monoisotopic (exact) mass is 282 g/mol. The molecule has 0 fully saturated rings. The molecule has 1 aromatic heterocycles. The number of hydrogen-bond donors (Lipinski definition) is 1. The number of anilines is 1. The first-order valence-corrected chi connectivity index (χ1v) is 7.18. The molecule has 0 saturated carbocycles. The fourth-order valence-corrected chi connectivity index (χ4v) is 2.94. The van der Waals surface area contributed by atoms with E-state index in [9.17, 15) is 9.90 Å². The van der Waals surface area contributed by atoms with Crippen molar-refractivity contribution in [2.24, 2.45) is 0 Å². The van der Waals surface area contributed by atoms with Crippen molar-refractivity contribution in [3.05, 3.63) is 59.4 Å². The number of carboxylic acids is 1. The molecule has 1 unspecified atom stereocenters. The highest BCUT2D eigenvalue weighted by Crippen LogP contribution is 2.31. The van der Waals surface area contributed by atoms with Crippen molar-refractivity contribution in [3.63, 3.8) is 0 Å². The molecule has 0 aliphatic carbocycles. The summed E-state index contributed by atoms with van der Waals surface area (Å²) < 4.78 is 0. The van der Waals surface area contributed by atoms with Crippen molar-refractivity contribution in [2.45, 2.75) is 32.4 Å². The maximum Gasteiger partial charge on any atom is 0.354 e. The number of carboxylic acid groups (broad SMARTS) is 1. The van der Waals surface area contributed by atoms with E-state index in [1.165, 1.54) is 17.4 Å². The van der Waals surface area contributed by atoms with E-state index in [-0.39, 0.29) is 5.69 Å². The second kappa shape index (κ2) is 5.56. The largest absolute Gasteiger partial charge is 0.477 e. The summed E-state index contributed by atoms with van der Waals surface area (Å²) in [7, 11) is 0. The summed E-state index contributed by atoms with van der Waals surface area (Å²) in [6.45, 7) is 2.76. The quantitative estimate of drug-likeness (QED) is 0.939. The molecule has 1 aliphatic heterocycles. The molecule has 21 heavy (non-hydrogen) atoms. The van der Waals surface area contributed by atoms with Gasteiger partial charge in [0.05, 0.1) is 0 Å². The van der Waals surface area contributed by atoms with Gasteiger partial charge in [-0.05, 0) is 37.5 Å². The van der Waals surface area contributed by atoms with Crippen molar-refractivity contribution in [2.75, 3.05) is 4.90 Å². The fourth-order valence-electron chi connectivity index (χ4n) is 2.94. The Hall–Kier alpha value is -2.36. The van der Waals surface area contributed by atoms with Gasteiger partial charge >= 0.3 is 5.97 Å². The van der Waals surface area contributed by atoms with Gasteiger partial charge in [0.15, 0.2) is 5.69 Å². The van der Waals surface area contributed by atoms with Crippen LogP contribution in [0.25, 0.3) is 0 Å². The van der Waals surface area contributed by atoms with E-state index in [4.69, 9.17) is 0 Å². The van der Waals surface area contributed by atoms with Gasteiger partial charge in [0.2, 0.25) is 0 Å². The van der Waals surface area contributed by atoms with E-state index >= 15 is 0 Å². The fraction of sp³-hybridized carbons (Fsp3) is 0.294. The molecule has 1 aliphatic rings. The van der Waals surface area contributed by atoms with Crippen LogP contribution < -0.4 is 4.90 Å². The van der Waals surface area contributed by atoms with Crippen molar-refractivity contribution in [3.8, 4) is 0 Å². The first-order chi connectivity index (χ1) is 10.2. The zero-order valence-electron chi connectivity index (χ0n) is 12.0. The topological polar surface area (TPSA) is 53.4 Å². The molecule has 0 radical (unpaired) electrons. The SMILES string of the molecule is CC1CCc2ccccc2N1Cc1cccnc1C(=O)O. The summed E-state index contributed by atoms with van der Waals surface area (Å²) in [4.78, 5) is 17.6. The van der Waals surface area contributed by atoms with Crippen LogP contribution in [0.5, 0.6) is 0 Å². The molecular formula is C17H18N2O2. The van der Waals surface area contributed by atoms with E-state index in [1.807, 2.05) is 12.1 Å². The molecule has 0 amide bonds. The Morgan fingerprint density at radius 3 is 2.95 bits per heavy atom. The van der Waals surface area contributed by atoms with Crippen LogP contribution in [0.2, 0.25) is 0 Å². The summed E-state index contributed by atoms with van der Waals surface area (Å²) in [6, 6.07) is 12.4. The van der Waals surface area contributed by atoms with Crippen molar-refractivity contribution >= 4 is 11.7 Å². The van der Waals surface area contributed by atoms with E-state index in [0.717, 1.165) is 18.4 Å². The van der Waals surface area contributed by atoms with Gasteiger partial charge in [-0.15, -0.1) is 0 Å². The first-order valence-electron chi connectivity index (χ1n) is 7.18. The number of aryl methyl sites for hydroxylation is 1. The molecule has 1 N–H and O–H groups in total. The second-order valence-corrected chi connectivity index (χ2v) is 5.46. The van der Waals surface area contributed by atoms with E-state index in [0.29, 0.717) is 12.6 Å². The van der Waals surface area contributed by atoms with Crippen molar-refractivity contribution in [1.29, 1.82) is 0 Å². The average Bonchev–Trinajstić information content (AvgIpc) is 2.50. The molecular weight excluding hydrogens is 264 g/mol. The van der Waals surface area contributed by atoms with Crippen LogP contribution in [-0.2, 0) is 13.0 Å². The third kappa shape index (κ3) is 2.61. The molecule has 0 spiro atoms. The van der Waals surface area contributed by atoms with Crippen LogP contribution in [0.4, 0.5) is 5.69 Å². The van der Waals surface area contributed by atoms with Gasteiger partial charge in [-0.2, -0.15) is 0 Å². The average molecular weight is 282 g/mol. The van der Waals surface area contributed by atoms with Crippen LogP contribution in [0.15, 0.2) is 42.6 Å². The minimum absolute atomic E-state index is 0.146. The smallest absolute Gasteiger partial charge is 0.354 e. The predicted octanol–water partition coefficient (Wildman–Crippen LogP) is 3.12. The number of aromatic carboxylic acids is 1. The van der Waals surface area contributed by atoms with Crippen LogP contribution in [0.1, 0.15) is 35.0 Å². The second-order valence-electron chi connectivity index (χ2n) is 5.46. The Kier molecular flexibility index (Phi) is 3.60. The minimum Gasteiger partial charge on any atom is -0.477 e. The highest BCUT2D eigenvalue weighted by molar-refractivity contribution is 5.87.